The number of carbonyl (C=O) groups is 3. The van der Waals surface area contributed by atoms with Gasteiger partial charge < -0.3 is 25.5 Å². The van der Waals surface area contributed by atoms with Crippen LogP contribution in [0.25, 0.3) is 0 Å². The van der Waals surface area contributed by atoms with E-state index in [2.05, 4.69) is 0 Å². The van der Waals surface area contributed by atoms with E-state index in [0.29, 0.717) is 12.1 Å². The number of benzene rings is 2. The highest BCUT2D eigenvalue weighted by Crippen LogP contribution is 2.27. The Balaban J connectivity index is 2.28. The van der Waals surface area contributed by atoms with Gasteiger partial charge in [0.2, 0.25) is 0 Å². The van der Waals surface area contributed by atoms with E-state index >= 15 is 0 Å². The van der Waals surface area contributed by atoms with Crippen LogP contribution in [0.15, 0.2) is 30.3 Å². The Kier molecular flexibility index (Phi) is 4.27. The van der Waals surface area contributed by atoms with E-state index in [1.807, 2.05) is 5.32 Å². The average molecular weight is 333 g/mol. The minimum absolute atomic E-state index is 0.230. The molecule has 124 valence electrons. The van der Waals surface area contributed by atoms with Crippen LogP contribution in [0.5, 0.6) is 23.0 Å². The van der Waals surface area contributed by atoms with Crippen LogP contribution >= 0.6 is 0 Å². The van der Waals surface area contributed by atoms with Crippen molar-refractivity contribution in [1.82, 2.24) is 5.32 Å². The van der Waals surface area contributed by atoms with Crippen molar-refractivity contribution in [3.63, 3.8) is 0 Å². The van der Waals surface area contributed by atoms with Crippen LogP contribution in [0.2, 0.25) is 0 Å². The van der Waals surface area contributed by atoms with E-state index in [1.165, 1.54) is 0 Å². The summed E-state index contributed by atoms with van der Waals surface area (Å²) in [6, 6.07) is 4.33. The van der Waals surface area contributed by atoms with Gasteiger partial charge in [-0.25, -0.2) is 4.79 Å². The number of nitrogens with one attached hydrogen (secondary N) is 1. The quantitative estimate of drug-likeness (QED) is 0.354. The molecule has 0 saturated heterocycles. The topological polar surface area (TPSA) is 164 Å². The Bertz CT molecular complexity index is 839. The third kappa shape index (κ3) is 3.35. The third-order valence-electron chi connectivity index (χ3n) is 2.98. The lowest BCUT2D eigenvalue weighted by Crippen LogP contribution is -2.30. The van der Waals surface area contributed by atoms with Gasteiger partial charge in [-0.2, -0.15) is 0 Å². The Morgan fingerprint density at radius 3 is 1.75 bits per heavy atom. The second-order valence-electron chi connectivity index (χ2n) is 4.71. The van der Waals surface area contributed by atoms with Crippen molar-refractivity contribution in [2.24, 2.45) is 0 Å². The maximum Gasteiger partial charge on any atom is 0.339 e. The first-order valence-corrected chi connectivity index (χ1v) is 6.37. The number of carbonyl (C=O) groups excluding carboxylic acids is 2. The second kappa shape index (κ2) is 6.16. The molecule has 0 fully saturated rings. The molecular formula is C15H11NO8. The molecule has 0 aliphatic carbocycles. The molecule has 9 heteroatoms. The lowest BCUT2D eigenvalue weighted by molar-refractivity contribution is 0.0691. The summed E-state index contributed by atoms with van der Waals surface area (Å²) in [5.74, 6) is -5.96. The maximum absolute atomic E-state index is 12.0. The summed E-state index contributed by atoms with van der Waals surface area (Å²) in [4.78, 5) is 34.7. The molecule has 0 bridgehead atoms. The van der Waals surface area contributed by atoms with E-state index in [-0.39, 0.29) is 5.56 Å². The van der Waals surface area contributed by atoms with Gasteiger partial charge >= 0.3 is 5.97 Å². The fourth-order valence-electron chi connectivity index (χ4n) is 1.90. The van der Waals surface area contributed by atoms with Gasteiger partial charge in [-0.1, -0.05) is 0 Å². The van der Waals surface area contributed by atoms with Crippen LogP contribution in [0.4, 0.5) is 0 Å². The maximum atomic E-state index is 12.0. The van der Waals surface area contributed by atoms with Gasteiger partial charge in [-0.3, -0.25) is 14.9 Å². The monoisotopic (exact) mass is 333 g/mol. The summed E-state index contributed by atoms with van der Waals surface area (Å²) in [6.45, 7) is 0. The molecule has 0 unspecified atom stereocenters. The van der Waals surface area contributed by atoms with E-state index in [4.69, 9.17) is 5.11 Å². The fourth-order valence-corrected chi connectivity index (χ4v) is 1.90. The lowest BCUT2D eigenvalue weighted by atomic mass is 10.1. The number of hydrogen-bond donors (Lipinski definition) is 6. The van der Waals surface area contributed by atoms with Crippen molar-refractivity contribution >= 4 is 17.8 Å². The minimum atomic E-state index is -1.51. The van der Waals surface area contributed by atoms with Crippen molar-refractivity contribution in [2.75, 3.05) is 0 Å². The molecule has 0 radical (unpaired) electrons. The zero-order valence-electron chi connectivity index (χ0n) is 11.8. The fraction of sp³-hybridized carbons (Fsp3) is 0. The molecule has 2 amide bonds. The molecule has 2 rings (SSSR count). The number of aromatic carboxylic acids is 1. The molecule has 9 nitrogen and oxygen atoms in total. The van der Waals surface area contributed by atoms with Gasteiger partial charge in [0.15, 0.2) is 0 Å². The van der Waals surface area contributed by atoms with Crippen molar-refractivity contribution in [3.8, 4) is 23.0 Å². The summed E-state index contributed by atoms with van der Waals surface area (Å²) in [6.07, 6.45) is 0. The van der Waals surface area contributed by atoms with Gasteiger partial charge in [0.05, 0.1) is 5.56 Å². The molecule has 0 heterocycles. The summed E-state index contributed by atoms with van der Waals surface area (Å²) >= 11 is 0. The van der Waals surface area contributed by atoms with Crippen LogP contribution in [0, 0.1) is 0 Å². The molecule has 0 atom stereocenters. The first kappa shape index (κ1) is 16.6. The highest BCUT2D eigenvalue weighted by Gasteiger charge is 2.21. The largest absolute Gasteiger partial charge is 0.508 e. The first-order chi connectivity index (χ1) is 11.2. The van der Waals surface area contributed by atoms with Crippen molar-refractivity contribution in [2.45, 2.75) is 0 Å². The summed E-state index contributed by atoms with van der Waals surface area (Å²) in [5, 5.41) is 48.5. The molecule has 2 aromatic carbocycles. The Hall–Kier alpha value is -3.75. The predicted molar refractivity (Wildman–Crippen MR) is 78.3 cm³/mol. The summed E-state index contributed by atoms with van der Waals surface area (Å²) in [5.41, 5.74) is -1.38. The van der Waals surface area contributed by atoms with Crippen LogP contribution in [-0.2, 0) is 0 Å². The number of rotatable bonds is 3. The molecule has 0 saturated carbocycles. The van der Waals surface area contributed by atoms with Crippen LogP contribution in [0.1, 0.15) is 31.1 Å². The molecule has 2 aromatic rings. The molecule has 6 N–H and O–H groups in total. The Morgan fingerprint density at radius 1 is 0.708 bits per heavy atom. The van der Waals surface area contributed by atoms with E-state index in [1.54, 1.807) is 0 Å². The van der Waals surface area contributed by atoms with E-state index in [9.17, 15) is 34.8 Å². The number of imide groups is 1. The SMILES string of the molecule is O=C(NC(=O)c1cc(O)c(C(=O)O)cc1O)c1cc(O)cc(O)c1. The normalized spacial score (nSPS) is 10.2. The van der Waals surface area contributed by atoms with Crippen LogP contribution in [0.3, 0.4) is 0 Å². The third-order valence-corrected chi connectivity index (χ3v) is 2.98. The Labute approximate surface area is 134 Å². The second-order valence-corrected chi connectivity index (χ2v) is 4.71. The van der Waals surface area contributed by atoms with Crippen molar-refractivity contribution < 1.29 is 39.9 Å². The molecule has 24 heavy (non-hydrogen) atoms. The summed E-state index contributed by atoms with van der Waals surface area (Å²) in [7, 11) is 0. The van der Waals surface area contributed by atoms with Gasteiger partial charge in [-0.15, -0.1) is 0 Å². The lowest BCUT2D eigenvalue weighted by Gasteiger charge is -2.08. The van der Waals surface area contributed by atoms with Crippen LogP contribution in [-0.4, -0.2) is 43.3 Å². The molecular weight excluding hydrogens is 322 g/mol. The van der Waals surface area contributed by atoms with Gasteiger partial charge in [0.25, 0.3) is 11.8 Å². The first-order valence-electron chi connectivity index (χ1n) is 6.37. The minimum Gasteiger partial charge on any atom is -0.508 e. The number of carboxylic acid groups (broad SMARTS) is 1. The van der Waals surface area contributed by atoms with Gasteiger partial charge in [-0.05, 0) is 24.3 Å². The number of phenols is 4. The Morgan fingerprint density at radius 2 is 1.21 bits per heavy atom. The average Bonchev–Trinajstić information content (AvgIpc) is 2.47. The number of carboxylic acids is 1. The predicted octanol–water partition coefficient (Wildman–Crippen LogP) is 0.777. The summed E-state index contributed by atoms with van der Waals surface area (Å²) < 4.78 is 0. The highest BCUT2D eigenvalue weighted by molar-refractivity contribution is 6.12. The van der Waals surface area contributed by atoms with E-state index < -0.39 is 51.9 Å². The number of hydrogen-bond acceptors (Lipinski definition) is 7. The van der Waals surface area contributed by atoms with Gasteiger partial charge in [0, 0.05) is 11.6 Å². The number of amides is 2. The highest BCUT2D eigenvalue weighted by atomic mass is 16.4. The number of phenolic OH excluding ortho intramolecular Hbond substituents is 3. The molecule has 0 aliphatic rings. The van der Waals surface area contributed by atoms with Crippen molar-refractivity contribution in [1.29, 1.82) is 0 Å². The smallest absolute Gasteiger partial charge is 0.339 e. The van der Waals surface area contributed by atoms with Crippen molar-refractivity contribution in [3.05, 3.63) is 47.0 Å². The van der Waals surface area contributed by atoms with Gasteiger partial charge in [0.1, 0.15) is 28.6 Å². The van der Waals surface area contributed by atoms with Crippen LogP contribution < -0.4 is 5.32 Å². The molecule has 0 aliphatic heterocycles. The van der Waals surface area contributed by atoms with E-state index in [0.717, 1.165) is 18.2 Å². The standard InChI is InChI=1S/C15H11NO8/c17-7-1-6(2-8(18)3-7)13(21)16-14(22)9-4-12(20)10(15(23)24)5-11(9)19/h1-5,17-20H,(H,23,24)(H,16,21,22). The number of aromatic hydroxyl groups is 4. The zero-order chi connectivity index (χ0) is 18.0. The molecule has 0 aromatic heterocycles. The molecule has 0 spiro atoms. The zero-order valence-corrected chi connectivity index (χ0v) is 11.8.